The van der Waals surface area contributed by atoms with Crippen molar-refractivity contribution in [3.8, 4) is 11.5 Å². The minimum absolute atomic E-state index is 0.272. The molecule has 0 bridgehead atoms. The maximum Gasteiger partial charge on any atom is 0.311 e. The molecule has 0 radical (unpaired) electrons. The second kappa shape index (κ2) is 5.14. The number of hydrogen-bond donors (Lipinski definition) is 0. The van der Waals surface area contributed by atoms with Gasteiger partial charge in [0.25, 0.3) is 0 Å². The molecule has 1 rings (SSSR count). The Balaban J connectivity index is 3.00. The fourth-order valence-electron chi connectivity index (χ4n) is 1.04. The number of ether oxygens (including phenoxy) is 2. The number of rotatable bonds is 4. The predicted octanol–water partition coefficient (Wildman–Crippen LogP) is 1.82. The van der Waals surface area contributed by atoms with Crippen LogP contribution in [-0.4, -0.2) is 19.4 Å². The minimum Gasteiger partial charge on any atom is -0.493 e. The molecule has 0 aromatic heterocycles. The van der Waals surface area contributed by atoms with Gasteiger partial charge in [0, 0.05) is 12.0 Å². The van der Waals surface area contributed by atoms with E-state index in [2.05, 4.69) is 0 Å². The average Bonchev–Trinajstić information content (AvgIpc) is 2.28. The van der Waals surface area contributed by atoms with Crippen LogP contribution in [0.15, 0.2) is 18.2 Å². The lowest BCUT2D eigenvalue weighted by atomic mass is 10.2. The smallest absolute Gasteiger partial charge is 0.311 e. The average molecular weight is 208 g/mol. The molecule has 15 heavy (non-hydrogen) atoms. The highest BCUT2D eigenvalue weighted by Gasteiger charge is 2.09. The zero-order chi connectivity index (χ0) is 11.3. The largest absolute Gasteiger partial charge is 0.493 e. The summed E-state index contributed by atoms with van der Waals surface area (Å²) in [7, 11) is 1.47. The van der Waals surface area contributed by atoms with E-state index in [0.717, 1.165) is 0 Å². The van der Waals surface area contributed by atoms with Crippen LogP contribution in [-0.2, 0) is 4.79 Å². The molecule has 1 aromatic rings. The molecule has 80 valence electrons. The first-order valence-corrected chi connectivity index (χ1v) is 4.55. The zero-order valence-electron chi connectivity index (χ0n) is 8.65. The Bertz CT molecular complexity index is 371. The topological polar surface area (TPSA) is 52.6 Å². The number of carbonyl (C=O) groups excluding carboxylic acids is 2. The highest BCUT2D eigenvalue weighted by molar-refractivity contribution is 5.78. The van der Waals surface area contributed by atoms with Crippen LogP contribution in [0.5, 0.6) is 11.5 Å². The van der Waals surface area contributed by atoms with Crippen molar-refractivity contribution in [2.45, 2.75) is 13.3 Å². The van der Waals surface area contributed by atoms with Crippen LogP contribution in [0.25, 0.3) is 0 Å². The van der Waals surface area contributed by atoms with Crippen LogP contribution in [0, 0.1) is 0 Å². The molecular formula is C11H12O4. The third-order valence-corrected chi connectivity index (χ3v) is 1.84. The lowest BCUT2D eigenvalue weighted by molar-refractivity contribution is -0.134. The van der Waals surface area contributed by atoms with Gasteiger partial charge in [0.2, 0.25) is 0 Å². The first-order valence-electron chi connectivity index (χ1n) is 4.55. The molecule has 0 amide bonds. The Kier molecular flexibility index (Phi) is 3.85. The normalized spacial score (nSPS) is 9.47. The second-order valence-electron chi connectivity index (χ2n) is 2.86. The maximum absolute atomic E-state index is 11.1. The van der Waals surface area contributed by atoms with E-state index in [1.807, 2.05) is 0 Å². The fourth-order valence-corrected chi connectivity index (χ4v) is 1.04. The lowest BCUT2D eigenvalue weighted by Crippen LogP contribution is -2.06. The van der Waals surface area contributed by atoms with Gasteiger partial charge in [-0.25, -0.2) is 0 Å². The van der Waals surface area contributed by atoms with Crippen LogP contribution in [0.4, 0.5) is 0 Å². The van der Waals surface area contributed by atoms with E-state index in [-0.39, 0.29) is 18.1 Å². The van der Waals surface area contributed by atoms with Gasteiger partial charge in [-0.05, 0) is 18.2 Å². The van der Waals surface area contributed by atoms with E-state index in [1.165, 1.54) is 13.2 Å². The van der Waals surface area contributed by atoms with E-state index in [0.29, 0.717) is 17.6 Å². The number of benzene rings is 1. The van der Waals surface area contributed by atoms with Crippen LogP contribution in [0.3, 0.4) is 0 Å². The van der Waals surface area contributed by atoms with Gasteiger partial charge in [0.1, 0.15) is 6.29 Å². The van der Waals surface area contributed by atoms with Gasteiger partial charge in [0.05, 0.1) is 7.11 Å². The highest BCUT2D eigenvalue weighted by atomic mass is 16.6. The number of carbonyl (C=O) groups is 2. The van der Waals surface area contributed by atoms with Crippen molar-refractivity contribution in [3.05, 3.63) is 23.8 Å². The van der Waals surface area contributed by atoms with E-state index < -0.39 is 0 Å². The Morgan fingerprint density at radius 3 is 2.67 bits per heavy atom. The molecule has 0 heterocycles. The van der Waals surface area contributed by atoms with E-state index >= 15 is 0 Å². The van der Waals surface area contributed by atoms with Crippen molar-refractivity contribution in [1.82, 2.24) is 0 Å². The van der Waals surface area contributed by atoms with Crippen molar-refractivity contribution < 1.29 is 19.1 Å². The molecule has 4 heteroatoms. The second-order valence-corrected chi connectivity index (χ2v) is 2.86. The molecule has 0 N–H and O–H groups in total. The van der Waals surface area contributed by atoms with Crippen LogP contribution in [0.1, 0.15) is 23.7 Å². The fraction of sp³-hybridized carbons (Fsp3) is 0.273. The highest BCUT2D eigenvalue weighted by Crippen LogP contribution is 2.27. The summed E-state index contributed by atoms with van der Waals surface area (Å²) in [4.78, 5) is 21.6. The van der Waals surface area contributed by atoms with Gasteiger partial charge in [-0.15, -0.1) is 0 Å². The summed E-state index contributed by atoms with van der Waals surface area (Å²) < 4.78 is 10.0. The van der Waals surface area contributed by atoms with E-state index in [1.54, 1.807) is 19.1 Å². The van der Waals surface area contributed by atoms with Gasteiger partial charge in [-0.2, -0.15) is 0 Å². The molecule has 0 saturated heterocycles. The Hall–Kier alpha value is -1.84. The van der Waals surface area contributed by atoms with Crippen molar-refractivity contribution in [1.29, 1.82) is 0 Å². The summed E-state index contributed by atoms with van der Waals surface area (Å²) in [6, 6.07) is 4.65. The SMILES string of the molecule is CCC(=O)Oc1cc(C=O)ccc1OC. The first-order chi connectivity index (χ1) is 7.21. The van der Waals surface area contributed by atoms with Crippen LogP contribution in [0.2, 0.25) is 0 Å². The van der Waals surface area contributed by atoms with Crippen molar-refractivity contribution >= 4 is 12.3 Å². The monoisotopic (exact) mass is 208 g/mol. The first kappa shape index (κ1) is 11.2. The maximum atomic E-state index is 11.1. The lowest BCUT2D eigenvalue weighted by Gasteiger charge is -2.08. The molecule has 0 aliphatic heterocycles. The zero-order valence-corrected chi connectivity index (χ0v) is 8.65. The molecule has 4 nitrogen and oxygen atoms in total. The summed E-state index contributed by atoms with van der Waals surface area (Å²) in [5.74, 6) is 0.340. The van der Waals surface area contributed by atoms with Gasteiger partial charge in [-0.1, -0.05) is 6.92 Å². The third-order valence-electron chi connectivity index (χ3n) is 1.84. The number of hydrogen-bond acceptors (Lipinski definition) is 4. The van der Waals surface area contributed by atoms with Crippen molar-refractivity contribution in [2.24, 2.45) is 0 Å². The van der Waals surface area contributed by atoms with Crippen molar-refractivity contribution in [3.63, 3.8) is 0 Å². The summed E-state index contributed by atoms with van der Waals surface area (Å²) in [6.07, 6.45) is 0.956. The molecule has 1 aromatic carbocycles. The van der Waals surface area contributed by atoms with Crippen LogP contribution >= 0.6 is 0 Å². The number of aldehydes is 1. The molecule has 0 aliphatic carbocycles. The minimum atomic E-state index is -0.364. The Morgan fingerprint density at radius 2 is 2.13 bits per heavy atom. The molecule has 0 spiro atoms. The molecule has 0 fully saturated rings. The molecule has 0 unspecified atom stereocenters. The third kappa shape index (κ3) is 2.80. The molecule has 0 saturated carbocycles. The molecule has 0 atom stereocenters. The summed E-state index contributed by atoms with van der Waals surface area (Å²) in [6.45, 7) is 1.69. The Labute approximate surface area is 87.8 Å². The summed E-state index contributed by atoms with van der Waals surface area (Å²) in [5, 5.41) is 0. The van der Waals surface area contributed by atoms with E-state index in [9.17, 15) is 9.59 Å². The molecular weight excluding hydrogens is 196 g/mol. The van der Waals surface area contributed by atoms with E-state index in [4.69, 9.17) is 9.47 Å². The quantitative estimate of drug-likeness (QED) is 0.430. The van der Waals surface area contributed by atoms with Gasteiger partial charge in [-0.3, -0.25) is 9.59 Å². The van der Waals surface area contributed by atoms with Gasteiger partial charge < -0.3 is 9.47 Å². The standard InChI is InChI=1S/C11H12O4/c1-3-11(13)15-10-6-8(7-12)4-5-9(10)14-2/h4-7H,3H2,1-2H3. The van der Waals surface area contributed by atoms with Gasteiger partial charge in [0.15, 0.2) is 11.5 Å². The summed E-state index contributed by atoms with van der Waals surface area (Å²) in [5.41, 5.74) is 0.440. The van der Waals surface area contributed by atoms with Crippen molar-refractivity contribution in [2.75, 3.05) is 7.11 Å². The van der Waals surface area contributed by atoms with Gasteiger partial charge >= 0.3 is 5.97 Å². The predicted molar refractivity (Wildman–Crippen MR) is 54.3 cm³/mol. The number of esters is 1. The Morgan fingerprint density at radius 1 is 1.40 bits per heavy atom. The molecule has 0 aliphatic rings. The number of methoxy groups -OCH3 is 1. The van der Waals surface area contributed by atoms with Crippen LogP contribution < -0.4 is 9.47 Å². The summed E-state index contributed by atoms with van der Waals surface area (Å²) >= 11 is 0.